The van der Waals surface area contributed by atoms with E-state index in [0.717, 1.165) is 13.1 Å². The Kier molecular flexibility index (Phi) is 6.64. The fourth-order valence-electron chi connectivity index (χ4n) is 3.82. The Balaban J connectivity index is 1.62. The number of amides is 2. The van der Waals surface area contributed by atoms with E-state index in [2.05, 4.69) is 10.2 Å². The van der Waals surface area contributed by atoms with E-state index in [9.17, 15) is 9.59 Å². The second kappa shape index (κ2) is 9.76. The van der Waals surface area contributed by atoms with Crippen LogP contribution >= 0.6 is 0 Å². The van der Waals surface area contributed by atoms with Crippen molar-refractivity contribution in [1.29, 1.82) is 0 Å². The highest BCUT2D eigenvalue weighted by molar-refractivity contribution is 6.36. The number of morpholine rings is 1. The number of hydrogen-bond acceptors (Lipinski definition) is 6. The van der Waals surface area contributed by atoms with E-state index in [1.165, 1.54) is 4.90 Å². The highest BCUT2D eigenvalue weighted by Gasteiger charge is 2.39. The SMILES string of the molecule is CCOc1ccccc1NC1=C(c2ccccc2)C(=O)N(CCN2CCOCC2)C1=O. The van der Waals surface area contributed by atoms with E-state index in [1.807, 2.05) is 61.5 Å². The maximum Gasteiger partial charge on any atom is 0.278 e. The van der Waals surface area contributed by atoms with Gasteiger partial charge in [0.05, 0.1) is 31.1 Å². The summed E-state index contributed by atoms with van der Waals surface area (Å²) >= 11 is 0. The lowest BCUT2D eigenvalue weighted by Gasteiger charge is -2.28. The monoisotopic (exact) mass is 421 g/mol. The summed E-state index contributed by atoms with van der Waals surface area (Å²) in [6.45, 7) is 6.35. The molecule has 1 saturated heterocycles. The first-order valence-electron chi connectivity index (χ1n) is 10.6. The normalized spacial score (nSPS) is 17.4. The van der Waals surface area contributed by atoms with E-state index in [-0.39, 0.29) is 17.5 Å². The molecule has 2 aromatic carbocycles. The highest BCUT2D eigenvalue weighted by atomic mass is 16.5. The summed E-state index contributed by atoms with van der Waals surface area (Å²) in [7, 11) is 0. The standard InChI is InChI=1S/C24H27N3O4/c1-2-31-20-11-7-6-10-19(20)25-22-21(18-8-4-3-5-9-18)23(28)27(24(22)29)13-12-26-14-16-30-17-15-26/h3-11,25H,2,12-17H2,1H3. The van der Waals surface area contributed by atoms with E-state index in [0.29, 0.717) is 55.5 Å². The molecular formula is C24H27N3O4. The molecule has 4 rings (SSSR count). The molecule has 2 aliphatic rings. The molecule has 0 aromatic heterocycles. The summed E-state index contributed by atoms with van der Waals surface area (Å²) in [6, 6.07) is 16.7. The van der Waals surface area contributed by atoms with Crippen LogP contribution < -0.4 is 10.1 Å². The number of nitrogens with one attached hydrogen (secondary N) is 1. The molecule has 1 fully saturated rings. The minimum Gasteiger partial charge on any atom is -0.492 e. The summed E-state index contributed by atoms with van der Waals surface area (Å²) in [5, 5.41) is 3.20. The first-order valence-corrected chi connectivity index (χ1v) is 10.6. The quantitative estimate of drug-likeness (QED) is 0.661. The van der Waals surface area contributed by atoms with Gasteiger partial charge in [-0.25, -0.2) is 0 Å². The number of hydrogen-bond donors (Lipinski definition) is 1. The highest BCUT2D eigenvalue weighted by Crippen LogP contribution is 2.33. The lowest BCUT2D eigenvalue weighted by atomic mass is 10.0. The van der Waals surface area contributed by atoms with E-state index in [4.69, 9.17) is 9.47 Å². The molecule has 7 nitrogen and oxygen atoms in total. The van der Waals surface area contributed by atoms with Gasteiger partial charge in [0.15, 0.2) is 0 Å². The Morgan fingerprint density at radius 2 is 1.65 bits per heavy atom. The third-order valence-electron chi connectivity index (χ3n) is 5.42. The zero-order valence-electron chi connectivity index (χ0n) is 17.7. The third kappa shape index (κ3) is 4.62. The zero-order valence-corrected chi connectivity index (χ0v) is 17.7. The van der Waals surface area contributed by atoms with Crippen molar-refractivity contribution in [3.05, 3.63) is 65.9 Å². The predicted octanol–water partition coefficient (Wildman–Crippen LogP) is 2.61. The molecule has 0 spiro atoms. The molecule has 2 aromatic rings. The molecule has 162 valence electrons. The van der Waals surface area contributed by atoms with Gasteiger partial charge in [-0.15, -0.1) is 0 Å². The number of imide groups is 1. The number of carbonyl (C=O) groups excluding carboxylic acids is 2. The average molecular weight is 421 g/mol. The van der Waals surface area contributed by atoms with Gasteiger partial charge < -0.3 is 14.8 Å². The lowest BCUT2D eigenvalue weighted by molar-refractivity contribution is -0.137. The maximum atomic E-state index is 13.3. The predicted molar refractivity (Wildman–Crippen MR) is 119 cm³/mol. The Hall–Kier alpha value is -3.16. The summed E-state index contributed by atoms with van der Waals surface area (Å²) in [6.07, 6.45) is 0. The number of benzene rings is 2. The minimum atomic E-state index is -0.316. The average Bonchev–Trinajstić information content (AvgIpc) is 3.04. The van der Waals surface area contributed by atoms with Gasteiger partial charge in [0.1, 0.15) is 11.4 Å². The summed E-state index contributed by atoms with van der Waals surface area (Å²) in [4.78, 5) is 30.2. The van der Waals surface area contributed by atoms with E-state index in [1.54, 1.807) is 0 Å². The molecule has 0 unspecified atom stereocenters. The van der Waals surface area contributed by atoms with Crippen LogP contribution in [0.25, 0.3) is 5.57 Å². The molecule has 0 atom stereocenters. The minimum absolute atomic E-state index is 0.277. The fraction of sp³-hybridized carbons (Fsp3) is 0.333. The summed E-state index contributed by atoms with van der Waals surface area (Å²) in [5.74, 6) is 0.0428. The molecule has 2 aliphatic heterocycles. The van der Waals surface area contributed by atoms with Crippen molar-refractivity contribution in [2.45, 2.75) is 6.92 Å². The van der Waals surface area contributed by atoms with Crippen molar-refractivity contribution >= 4 is 23.1 Å². The van der Waals surface area contributed by atoms with Gasteiger partial charge in [0.25, 0.3) is 11.8 Å². The van der Waals surface area contributed by atoms with Crippen LogP contribution in [0.5, 0.6) is 5.75 Å². The molecule has 0 radical (unpaired) electrons. The molecule has 0 saturated carbocycles. The van der Waals surface area contributed by atoms with Crippen molar-refractivity contribution in [3.63, 3.8) is 0 Å². The molecule has 31 heavy (non-hydrogen) atoms. The van der Waals surface area contributed by atoms with Gasteiger partial charge in [-0.3, -0.25) is 19.4 Å². The fourth-order valence-corrected chi connectivity index (χ4v) is 3.82. The zero-order chi connectivity index (χ0) is 21.6. The Morgan fingerprint density at radius 1 is 0.935 bits per heavy atom. The molecule has 7 heteroatoms. The summed E-state index contributed by atoms with van der Waals surface area (Å²) < 4.78 is 11.1. The van der Waals surface area contributed by atoms with Crippen molar-refractivity contribution < 1.29 is 19.1 Å². The van der Waals surface area contributed by atoms with Crippen molar-refractivity contribution in [1.82, 2.24) is 9.80 Å². The number of ether oxygens (including phenoxy) is 2. The maximum absolute atomic E-state index is 13.3. The van der Waals surface area contributed by atoms with E-state index < -0.39 is 0 Å². The first kappa shape index (κ1) is 21.1. The van der Waals surface area contributed by atoms with Crippen molar-refractivity contribution in [2.75, 3.05) is 51.3 Å². The molecule has 2 amide bonds. The molecule has 1 N–H and O–H groups in total. The van der Waals surface area contributed by atoms with Gasteiger partial charge in [-0.2, -0.15) is 0 Å². The number of carbonyl (C=O) groups is 2. The number of para-hydroxylation sites is 2. The van der Waals surface area contributed by atoms with Gasteiger partial charge in [0, 0.05) is 26.2 Å². The van der Waals surface area contributed by atoms with Crippen LogP contribution in [0.15, 0.2) is 60.3 Å². The second-order valence-corrected chi connectivity index (χ2v) is 7.39. The molecular weight excluding hydrogens is 394 g/mol. The second-order valence-electron chi connectivity index (χ2n) is 7.39. The largest absolute Gasteiger partial charge is 0.492 e. The van der Waals surface area contributed by atoms with Crippen LogP contribution in [0.2, 0.25) is 0 Å². The topological polar surface area (TPSA) is 71.1 Å². The first-order chi connectivity index (χ1) is 15.2. The van der Waals surface area contributed by atoms with Crippen LogP contribution in [0.4, 0.5) is 5.69 Å². The smallest absolute Gasteiger partial charge is 0.278 e. The Labute approximate surface area is 182 Å². The van der Waals surface area contributed by atoms with Crippen LogP contribution in [-0.4, -0.2) is 67.6 Å². The summed E-state index contributed by atoms with van der Waals surface area (Å²) in [5.41, 5.74) is 2.04. The molecule has 0 aliphatic carbocycles. The van der Waals surface area contributed by atoms with Gasteiger partial charge >= 0.3 is 0 Å². The number of anilines is 1. The molecule has 2 heterocycles. The number of nitrogens with zero attached hydrogens (tertiary/aromatic N) is 2. The van der Waals surface area contributed by atoms with Gasteiger partial charge in [0.2, 0.25) is 0 Å². The van der Waals surface area contributed by atoms with Crippen LogP contribution in [0.3, 0.4) is 0 Å². The number of rotatable bonds is 8. The third-order valence-corrected chi connectivity index (χ3v) is 5.42. The van der Waals surface area contributed by atoms with Crippen LogP contribution in [0.1, 0.15) is 12.5 Å². The van der Waals surface area contributed by atoms with Crippen molar-refractivity contribution in [3.8, 4) is 5.75 Å². The van der Waals surface area contributed by atoms with Crippen molar-refractivity contribution in [2.24, 2.45) is 0 Å². The van der Waals surface area contributed by atoms with Crippen LogP contribution in [0, 0.1) is 0 Å². The lowest BCUT2D eigenvalue weighted by Crippen LogP contribution is -2.43. The Bertz CT molecular complexity index is 968. The van der Waals surface area contributed by atoms with Gasteiger partial charge in [-0.05, 0) is 24.6 Å². The van der Waals surface area contributed by atoms with E-state index >= 15 is 0 Å². The molecule has 0 bridgehead atoms. The Morgan fingerprint density at radius 3 is 2.39 bits per heavy atom. The van der Waals surface area contributed by atoms with Crippen LogP contribution in [-0.2, 0) is 14.3 Å². The van der Waals surface area contributed by atoms with Gasteiger partial charge in [-0.1, -0.05) is 42.5 Å².